The summed E-state index contributed by atoms with van der Waals surface area (Å²) < 4.78 is 1.30. The van der Waals surface area contributed by atoms with Gasteiger partial charge in [-0.3, -0.25) is 4.98 Å². The van der Waals surface area contributed by atoms with Gasteiger partial charge in [0.1, 0.15) is 0 Å². The SMILES string of the molecule is O=C(O)c1cc(-c2ccncc2)nc2ccnn12. The van der Waals surface area contributed by atoms with Gasteiger partial charge in [0.05, 0.1) is 11.9 Å². The zero-order chi connectivity index (χ0) is 12.5. The number of hydrogen-bond acceptors (Lipinski definition) is 4. The number of rotatable bonds is 2. The van der Waals surface area contributed by atoms with Gasteiger partial charge in [-0.25, -0.2) is 14.3 Å². The van der Waals surface area contributed by atoms with Crippen molar-refractivity contribution in [2.24, 2.45) is 0 Å². The second-order valence-electron chi connectivity index (χ2n) is 3.67. The fraction of sp³-hybridized carbons (Fsp3) is 0. The molecule has 0 atom stereocenters. The van der Waals surface area contributed by atoms with Gasteiger partial charge in [-0.05, 0) is 18.2 Å². The summed E-state index contributed by atoms with van der Waals surface area (Å²) in [5.41, 5.74) is 1.98. The highest BCUT2D eigenvalue weighted by atomic mass is 16.4. The molecule has 3 aromatic heterocycles. The highest BCUT2D eigenvalue weighted by molar-refractivity contribution is 5.88. The van der Waals surface area contributed by atoms with Gasteiger partial charge in [0.15, 0.2) is 11.3 Å². The molecule has 3 heterocycles. The lowest BCUT2D eigenvalue weighted by Crippen LogP contribution is -2.08. The Labute approximate surface area is 102 Å². The Morgan fingerprint density at radius 3 is 2.67 bits per heavy atom. The van der Waals surface area contributed by atoms with E-state index in [1.54, 1.807) is 30.6 Å². The molecule has 0 aliphatic rings. The lowest BCUT2D eigenvalue weighted by atomic mass is 10.2. The minimum absolute atomic E-state index is 0.0804. The van der Waals surface area contributed by atoms with E-state index in [9.17, 15) is 9.90 Å². The first-order chi connectivity index (χ1) is 8.75. The molecule has 0 saturated carbocycles. The molecule has 0 unspecified atom stereocenters. The molecule has 0 saturated heterocycles. The first kappa shape index (κ1) is 10.4. The molecule has 0 fully saturated rings. The Morgan fingerprint density at radius 1 is 1.17 bits per heavy atom. The Bertz CT molecular complexity index is 721. The van der Waals surface area contributed by atoms with E-state index in [0.29, 0.717) is 11.3 Å². The molecular formula is C12H8N4O2. The number of carboxylic acids is 1. The van der Waals surface area contributed by atoms with Crippen molar-refractivity contribution in [2.75, 3.05) is 0 Å². The molecule has 0 amide bonds. The fourth-order valence-electron chi connectivity index (χ4n) is 1.74. The average Bonchev–Trinajstić information content (AvgIpc) is 2.86. The number of hydrogen-bond donors (Lipinski definition) is 1. The van der Waals surface area contributed by atoms with Crippen molar-refractivity contribution >= 4 is 11.6 Å². The first-order valence-corrected chi connectivity index (χ1v) is 5.24. The van der Waals surface area contributed by atoms with Crippen LogP contribution in [0.4, 0.5) is 0 Å². The highest BCUT2D eigenvalue weighted by Gasteiger charge is 2.13. The van der Waals surface area contributed by atoms with Gasteiger partial charge >= 0.3 is 5.97 Å². The van der Waals surface area contributed by atoms with Crippen molar-refractivity contribution in [3.63, 3.8) is 0 Å². The second kappa shape index (κ2) is 3.92. The molecule has 6 nitrogen and oxygen atoms in total. The lowest BCUT2D eigenvalue weighted by molar-refractivity contribution is 0.0687. The molecule has 0 radical (unpaired) electrons. The van der Waals surface area contributed by atoms with Gasteiger partial charge in [0, 0.05) is 24.0 Å². The average molecular weight is 240 g/mol. The molecule has 0 spiro atoms. The summed E-state index contributed by atoms with van der Waals surface area (Å²) in [6.07, 6.45) is 4.79. The molecule has 3 rings (SSSR count). The van der Waals surface area contributed by atoms with Crippen molar-refractivity contribution in [1.82, 2.24) is 19.6 Å². The van der Waals surface area contributed by atoms with Gasteiger partial charge in [-0.2, -0.15) is 5.10 Å². The summed E-state index contributed by atoms with van der Waals surface area (Å²) in [7, 11) is 0. The quantitative estimate of drug-likeness (QED) is 0.734. The smallest absolute Gasteiger partial charge is 0.354 e. The zero-order valence-electron chi connectivity index (χ0n) is 9.19. The van der Waals surface area contributed by atoms with E-state index in [-0.39, 0.29) is 5.69 Å². The van der Waals surface area contributed by atoms with Crippen molar-refractivity contribution in [1.29, 1.82) is 0 Å². The molecule has 6 heteroatoms. The molecular weight excluding hydrogens is 232 g/mol. The van der Waals surface area contributed by atoms with Crippen molar-refractivity contribution < 1.29 is 9.90 Å². The van der Waals surface area contributed by atoms with Crippen LogP contribution in [0.1, 0.15) is 10.5 Å². The van der Waals surface area contributed by atoms with Crippen LogP contribution in [0.3, 0.4) is 0 Å². The normalized spacial score (nSPS) is 10.7. The number of nitrogens with zero attached hydrogens (tertiary/aromatic N) is 4. The molecule has 0 aromatic carbocycles. The van der Waals surface area contributed by atoms with Gasteiger partial charge in [0.2, 0.25) is 0 Å². The summed E-state index contributed by atoms with van der Waals surface area (Å²) >= 11 is 0. The van der Waals surface area contributed by atoms with Crippen molar-refractivity contribution in [3.05, 3.63) is 48.5 Å². The van der Waals surface area contributed by atoms with E-state index in [1.165, 1.54) is 16.8 Å². The number of carbonyl (C=O) groups is 1. The number of aromatic carboxylic acids is 1. The Hall–Kier alpha value is -2.76. The van der Waals surface area contributed by atoms with E-state index >= 15 is 0 Å². The predicted octanol–water partition coefficient (Wildman–Crippen LogP) is 1.49. The van der Waals surface area contributed by atoms with Gasteiger partial charge in [-0.1, -0.05) is 0 Å². The molecule has 0 aliphatic carbocycles. The summed E-state index contributed by atoms with van der Waals surface area (Å²) in [5.74, 6) is -1.04. The third-order valence-electron chi connectivity index (χ3n) is 2.55. The largest absolute Gasteiger partial charge is 0.477 e. The lowest BCUT2D eigenvalue weighted by Gasteiger charge is -2.04. The number of aromatic nitrogens is 4. The maximum Gasteiger partial charge on any atom is 0.354 e. The third-order valence-corrected chi connectivity index (χ3v) is 2.55. The van der Waals surface area contributed by atoms with E-state index in [1.807, 2.05) is 0 Å². The Morgan fingerprint density at radius 2 is 1.94 bits per heavy atom. The molecule has 18 heavy (non-hydrogen) atoms. The van der Waals surface area contributed by atoms with Crippen molar-refractivity contribution in [3.8, 4) is 11.3 Å². The summed E-state index contributed by atoms with van der Waals surface area (Å²) in [6, 6.07) is 6.72. The van der Waals surface area contributed by atoms with Crippen LogP contribution in [0.5, 0.6) is 0 Å². The van der Waals surface area contributed by atoms with Gasteiger partial charge < -0.3 is 5.11 Å². The standard InChI is InChI=1S/C12H8N4O2/c17-12(18)10-7-9(8-1-4-13-5-2-8)15-11-3-6-14-16(10)11/h1-7H,(H,17,18). The maximum absolute atomic E-state index is 11.2. The topological polar surface area (TPSA) is 80.4 Å². The van der Waals surface area contributed by atoms with Crippen LogP contribution < -0.4 is 0 Å². The fourth-order valence-corrected chi connectivity index (χ4v) is 1.74. The Kier molecular flexibility index (Phi) is 2.26. The minimum Gasteiger partial charge on any atom is -0.477 e. The van der Waals surface area contributed by atoms with Gasteiger partial charge in [-0.15, -0.1) is 0 Å². The maximum atomic E-state index is 11.2. The van der Waals surface area contributed by atoms with Crippen LogP contribution in [-0.4, -0.2) is 30.7 Å². The van der Waals surface area contributed by atoms with Crippen LogP contribution in [0.25, 0.3) is 16.9 Å². The summed E-state index contributed by atoms with van der Waals surface area (Å²) in [5, 5.41) is 13.1. The van der Waals surface area contributed by atoms with Crippen molar-refractivity contribution in [2.45, 2.75) is 0 Å². The summed E-state index contributed by atoms with van der Waals surface area (Å²) in [6.45, 7) is 0. The first-order valence-electron chi connectivity index (χ1n) is 5.24. The minimum atomic E-state index is -1.04. The summed E-state index contributed by atoms with van der Waals surface area (Å²) in [4.78, 5) is 19.5. The number of fused-ring (bicyclic) bond motifs is 1. The molecule has 3 aromatic rings. The van der Waals surface area contributed by atoms with Crippen LogP contribution in [0.15, 0.2) is 42.9 Å². The van der Waals surface area contributed by atoms with E-state index < -0.39 is 5.97 Å². The van der Waals surface area contributed by atoms with E-state index in [4.69, 9.17) is 0 Å². The van der Waals surface area contributed by atoms with Crippen LogP contribution in [0, 0.1) is 0 Å². The second-order valence-corrected chi connectivity index (χ2v) is 3.67. The predicted molar refractivity (Wildman–Crippen MR) is 63.2 cm³/mol. The van der Waals surface area contributed by atoms with E-state index in [0.717, 1.165) is 5.56 Å². The van der Waals surface area contributed by atoms with Gasteiger partial charge in [0.25, 0.3) is 0 Å². The van der Waals surface area contributed by atoms with Crippen LogP contribution >= 0.6 is 0 Å². The third kappa shape index (κ3) is 1.60. The molecule has 1 N–H and O–H groups in total. The highest BCUT2D eigenvalue weighted by Crippen LogP contribution is 2.18. The zero-order valence-corrected chi connectivity index (χ0v) is 9.19. The van der Waals surface area contributed by atoms with Crippen LogP contribution in [0.2, 0.25) is 0 Å². The number of carboxylic acid groups (broad SMARTS) is 1. The molecule has 0 aliphatic heterocycles. The molecule has 0 bridgehead atoms. The Balaban J connectivity index is 2.29. The van der Waals surface area contributed by atoms with Crippen LogP contribution in [-0.2, 0) is 0 Å². The monoisotopic (exact) mass is 240 g/mol. The van der Waals surface area contributed by atoms with E-state index in [2.05, 4.69) is 15.1 Å². The molecule has 88 valence electrons. The number of pyridine rings is 1.